The molecule has 26 heavy (non-hydrogen) atoms. The van der Waals surface area contributed by atoms with Crippen LogP contribution in [0.2, 0.25) is 0 Å². The van der Waals surface area contributed by atoms with E-state index < -0.39 is 16.1 Å². The molecular formula is C19H30N2O3S2. The van der Waals surface area contributed by atoms with Gasteiger partial charge in [0.25, 0.3) is 0 Å². The van der Waals surface area contributed by atoms with Crippen molar-refractivity contribution in [2.75, 3.05) is 22.9 Å². The molecule has 1 aliphatic carbocycles. The third-order valence-electron chi connectivity index (χ3n) is 4.68. The summed E-state index contributed by atoms with van der Waals surface area (Å²) < 4.78 is 26.0. The predicted octanol–water partition coefficient (Wildman–Crippen LogP) is 3.33. The zero-order valence-corrected chi connectivity index (χ0v) is 17.5. The topological polar surface area (TPSA) is 66.5 Å². The molecule has 0 aliphatic heterocycles. The molecule has 146 valence electrons. The van der Waals surface area contributed by atoms with E-state index in [2.05, 4.69) is 5.32 Å². The average Bonchev–Trinajstić information content (AvgIpc) is 3.10. The van der Waals surface area contributed by atoms with E-state index in [0.717, 1.165) is 17.6 Å². The molecule has 2 rings (SSSR count). The first kappa shape index (κ1) is 21.1. The summed E-state index contributed by atoms with van der Waals surface area (Å²) in [6.07, 6.45) is 6.72. The summed E-state index contributed by atoms with van der Waals surface area (Å²) >= 11 is 1.91. The van der Waals surface area contributed by atoms with Crippen LogP contribution in [0.5, 0.6) is 0 Å². The van der Waals surface area contributed by atoms with E-state index in [0.29, 0.717) is 23.9 Å². The van der Waals surface area contributed by atoms with Crippen molar-refractivity contribution in [3.63, 3.8) is 0 Å². The summed E-state index contributed by atoms with van der Waals surface area (Å²) in [6.45, 7) is 4.35. The number of thioether (sulfide) groups is 1. The van der Waals surface area contributed by atoms with Gasteiger partial charge < -0.3 is 5.32 Å². The summed E-state index contributed by atoms with van der Waals surface area (Å²) in [5.41, 5.74) is 1.57. The number of carbonyl (C=O) groups excluding carboxylic acids is 1. The minimum absolute atomic E-state index is 0.231. The summed E-state index contributed by atoms with van der Waals surface area (Å²) in [5, 5.41) is 3.64. The maximum atomic E-state index is 12.7. The van der Waals surface area contributed by atoms with E-state index in [1.807, 2.05) is 37.7 Å². The Labute approximate surface area is 162 Å². The maximum Gasteiger partial charge on any atom is 0.243 e. The van der Waals surface area contributed by atoms with E-state index >= 15 is 0 Å². The first-order valence-corrected chi connectivity index (χ1v) is 12.2. The van der Waals surface area contributed by atoms with Crippen molar-refractivity contribution in [1.82, 2.24) is 5.32 Å². The quantitative estimate of drug-likeness (QED) is 0.648. The van der Waals surface area contributed by atoms with E-state index in [-0.39, 0.29) is 5.91 Å². The van der Waals surface area contributed by atoms with Crippen LogP contribution in [0.4, 0.5) is 5.69 Å². The number of hydrogen-bond acceptors (Lipinski definition) is 4. The van der Waals surface area contributed by atoms with Crippen LogP contribution >= 0.6 is 11.8 Å². The lowest BCUT2D eigenvalue weighted by Gasteiger charge is -2.30. The van der Waals surface area contributed by atoms with Crippen LogP contribution in [0, 0.1) is 6.92 Å². The molecule has 0 aromatic heterocycles. The van der Waals surface area contributed by atoms with E-state index in [1.165, 1.54) is 30.0 Å². The van der Waals surface area contributed by atoms with Crippen molar-refractivity contribution in [1.29, 1.82) is 0 Å². The second-order valence-electron chi connectivity index (χ2n) is 6.89. The molecule has 0 spiro atoms. The Bertz CT molecular complexity index is 683. The van der Waals surface area contributed by atoms with Gasteiger partial charge in [0.15, 0.2) is 0 Å². The zero-order valence-electron chi connectivity index (χ0n) is 15.9. The predicted molar refractivity (Wildman–Crippen MR) is 110 cm³/mol. The molecule has 1 aromatic carbocycles. The molecule has 0 saturated heterocycles. The van der Waals surface area contributed by atoms with Crippen molar-refractivity contribution >= 4 is 33.4 Å². The van der Waals surface area contributed by atoms with Gasteiger partial charge in [0, 0.05) is 17.5 Å². The van der Waals surface area contributed by atoms with Crippen LogP contribution < -0.4 is 9.62 Å². The Morgan fingerprint density at radius 2 is 1.88 bits per heavy atom. The van der Waals surface area contributed by atoms with Crippen molar-refractivity contribution in [2.45, 2.75) is 57.2 Å². The van der Waals surface area contributed by atoms with Gasteiger partial charge in [-0.1, -0.05) is 37.5 Å². The highest BCUT2D eigenvalue weighted by molar-refractivity contribution is 7.99. The average molecular weight is 399 g/mol. The number of carbonyl (C=O) groups is 1. The summed E-state index contributed by atoms with van der Waals surface area (Å²) in [4.78, 5) is 12.7. The van der Waals surface area contributed by atoms with Gasteiger partial charge in [0.2, 0.25) is 15.9 Å². The number of nitrogens with one attached hydrogen (secondary N) is 1. The van der Waals surface area contributed by atoms with Crippen molar-refractivity contribution in [3.8, 4) is 0 Å². The van der Waals surface area contributed by atoms with E-state index in [1.54, 1.807) is 12.1 Å². The minimum Gasteiger partial charge on any atom is -0.353 e. The van der Waals surface area contributed by atoms with Gasteiger partial charge in [0.1, 0.15) is 6.04 Å². The van der Waals surface area contributed by atoms with Crippen LogP contribution in [-0.2, 0) is 14.8 Å². The highest BCUT2D eigenvalue weighted by Crippen LogP contribution is 2.29. The lowest BCUT2D eigenvalue weighted by Crippen LogP contribution is -2.49. The number of anilines is 1. The molecule has 0 bridgehead atoms. The Morgan fingerprint density at radius 3 is 2.42 bits per heavy atom. The molecule has 1 aliphatic rings. The van der Waals surface area contributed by atoms with Crippen LogP contribution in [0.1, 0.15) is 44.6 Å². The number of rotatable bonds is 9. The van der Waals surface area contributed by atoms with Gasteiger partial charge in [-0.2, -0.15) is 11.8 Å². The molecule has 1 atom stereocenters. The second kappa shape index (κ2) is 9.65. The maximum absolute atomic E-state index is 12.7. The fraction of sp³-hybridized carbons (Fsp3) is 0.632. The van der Waals surface area contributed by atoms with E-state index in [9.17, 15) is 13.2 Å². The highest BCUT2D eigenvalue weighted by atomic mass is 32.2. The van der Waals surface area contributed by atoms with Gasteiger partial charge in [-0.3, -0.25) is 9.10 Å². The van der Waals surface area contributed by atoms with Crippen LogP contribution in [0.25, 0.3) is 0 Å². The van der Waals surface area contributed by atoms with Crippen LogP contribution in [0.3, 0.4) is 0 Å². The van der Waals surface area contributed by atoms with Gasteiger partial charge in [-0.05, 0) is 38.3 Å². The molecule has 1 N–H and O–H groups in total. The molecule has 0 unspecified atom stereocenters. The zero-order chi connectivity index (χ0) is 19.2. The van der Waals surface area contributed by atoms with Gasteiger partial charge in [0.05, 0.1) is 11.9 Å². The minimum atomic E-state index is -3.56. The molecule has 1 fully saturated rings. The van der Waals surface area contributed by atoms with Gasteiger partial charge >= 0.3 is 0 Å². The number of sulfonamides is 1. The fourth-order valence-electron chi connectivity index (χ4n) is 3.32. The second-order valence-corrected chi connectivity index (χ2v) is 10.2. The fourth-order valence-corrected chi connectivity index (χ4v) is 5.76. The molecule has 1 aromatic rings. The lowest BCUT2D eigenvalue weighted by molar-refractivity contribution is -0.122. The Kier molecular flexibility index (Phi) is 7.83. The first-order chi connectivity index (χ1) is 12.3. The summed E-state index contributed by atoms with van der Waals surface area (Å²) in [7, 11) is -3.56. The summed E-state index contributed by atoms with van der Waals surface area (Å²) in [5.74, 6) is 0.640. The Morgan fingerprint density at radius 1 is 1.27 bits per heavy atom. The molecule has 1 saturated carbocycles. The third-order valence-corrected chi connectivity index (χ3v) is 7.24. The normalized spacial score (nSPS) is 16.4. The standard InChI is InChI=1S/C19H30N2O3S2/c1-4-18(19(22)20-13-14-25-17-7-5-6-8-17)21(26(3,23)24)16-11-9-15(2)10-12-16/h9-12,17-18H,4-8,13-14H2,1-3H3,(H,20,22)/t18-/m0/s1. The first-order valence-electron chi connectivity index (χ1n) is 9.28. The molecule has 1 amide bonds. The number of amides is 1. The van der Waals surface area contributed by atoms with Crippen LogP contribution in [-0.4, -0.2) is 44.2 Å². The molecular weight excluding hydrogens is 368 g/mol. The smallest absolute Gasteiger partial charge is 0.243 e. The molecule has 5 nitrogen and oxygen atoms in total. The Balaban J connectivity index is 2.01. The third kappa shape index (κ3) is 5.91. The number of nitrogens with zero attached hydrogens (tertiary/aromatic N) is 1. The van der Waals surface area contributed by atoms with Gasteiger partial charge in [-0.25, -0.2) is 8.42 Å². The van der Waals surface area contributed by atoms with Crippen LogP contribution in [0.15, 0.2) is 24.3 Å². The Hall–Kier alpha value is -1.21. The van der Waals surface area contributed by atoms with Crippen molar-refractivity contribution in [2.24, 2.45) is 0 Å². The summed E-state index contributed by atoms with van der Waals surface area (Å²) in [6, 6.07) is 6.49. The number of benzene rings is 1. The van der Waals surface area contributed by atoms with E-state index in [4.69, 9.17) is 0 Å². The monoisotopic (exact) mass is 398 g/mol. The molecule has 0 radical (unpaired) electrons. The SMILES string of the molecule is CC[C@@H](C(=O)NCCSC1CCCC1)N(c1ccc(C)cc1)S(C)(=O)=O. The van der Waals surface area contributed by atoms with Gasteiger partial charge in [-0.15, -0.1) is 0 Å². The number of aryl methyl sites for hydroxylation is 1. The van der Waals surface area contributed by atoms with Crippen molar-refractivity contribution in [3.05, 3.63) is 29.8 Å². The number of hydrogen-bond donors (Lipinski definition) is 1. The highest BCUT2D eigenvalue weighted by Gasteiger charge is 2.31. The largest absolute Gasteiger partial charge is 0.353 e. The molecule has 0 heterocycles. The lowest BCUT2D eigenvalue weighted by atomic mass is 10.1. The molecule has 7 heteroatoms. The van der Waals surface area contributed by atoms with Crippen molar-refractivity contribution < 1.29 is 13.2 Å².